The molecule has 2 saturated heterocycles. The quantitative estimate of drug-likeness (QED) is 0.605. The Labute approximate surface area is 192 Å². The molecule has 1 amide bonds. The third kappa shape index (κ3) is 4.39. The maximum atomic E-state index is 12.1. The van der Waals surface area contributed by atoms with Crippen molar-refractivity contribution in [3.05, 3.63) is 65.7 Å². The van der Waals surface area contributed by atoms with Crippen LogP contribution in [0.3, 0.4) is 0 Å². The molecule has 1 N–H and O–H groups in total. The van der Waals surface area contributed by atoms with Crippen LogP contribution in [0.1, 0.15) is 37.3 Å². The maximum Gasteiger partial charge on any atom is 0.227 e. The highest BCUT2D eigenvalue weighted by molar-refractivity contribution is 6.31. The van der Waals surface area contributed by atoms with Crippen LogP contribution in [0, 0.1) is 0 Å². The highest BCUT2D eigenvalue weighted by atomic mass is 35.5. The second-order valence-corrected chi connectivity index (χ2v) is 8.66. The van der Waals surface area contributed by atoms with Crippen molar-refractivity contribution in [3.63, 3.8) is 0 Å². The first kappa shape index (κ1) is 20.7. The normalized spacial score (nSPS) is 18.8. The molecule has 7 nitrogen and oxygen atoms in total. The SMILES string of the molecule is O=C1CCCN1c1cncc(Nc2ncc(Cl)c(C3CCCN(c4ccccc4)C3)n2)c1. The molecule has 3 aromatic rings. The number of rotatable bonds is 5. The summed E-state index contributed by atoms with van der Waals surface area (Å²) in [5.41, 5.74) is 3.62. The number of aromatic nitrogens is 3. The fraction of sp³-hybridized carbons (Fsp3) is 0.333. The fourth-order valence-electron chi connectivity index (χ4n) is 4.49. The summed E-state index contributed by atoms with van der Waals surface area (Å²) in [6.07, 6.45) is 8.66. The van der Waals surface area contributed by atoms with Gasteiger partial charge in [-0.2, -0.15) is 0 Å². The predicted molar refractivity (Wildman–Crippen MR) is 127 cm³/mol. The average Bonchev–Trinajstić information content (AvgIpc) is 3.27. The van der Waals surface area contributed by atoms with Crippen LogP contribution in [0.5, 0.6) is 0 Å². The van der Waals surface area contributed by atoms with E-state index in [-0.39, 0.29) is 11.8 Å². The van der Waals surface area contributed by atoms with E-state index in [1.165, 1.54) is 5.69 Å². The number of pyridine rings is 1. The van der Waals surface area contributed by atoms with Crippen LogP contribution in [0.25, 0.3) is 0 Å². The Bertz CT molecular complexity index is 1110. The van der Waals surface area contributed by atoms with E-state index < -0.39 is 0 Å². The van der Waals surface area contributed by atoms with Crippen molar-refractivity contribution in [2.75, 3.05) is 34.8 Å². The average molecular weight is 449 g/mol. The topological polar surface area (TPSA) is 74.2 Å². The highest BCUT2D eigenvalue weighted by Crippen LogP contribution is 2.33. The molecule has 0 bridgehead atoms. The van der Waals surface area contributed by atoms with Gasteiger partial charge in [0.2, 0.25) is 11.9 Å². The lowest BCUT2D eigenvalue weighted by Gasteiger charge is -2.34. The summed E-state index contributed by atoms with van der Waals surface area (Å²) in [5, 5.41) is 3.83. The van der Waals surface area contributed by atoms with Crippen LogP contribution in [0.4, 0.5) is 23.0 Å². The number of nitrogens with zero attached hydrogens (tertiary/aromatic N) is 5. The molecule has 1 unspecified atom stereocenters. The molecule has 4 heterocycles. The Morgan fingerprint density at radius 2 is 1.91 bits per heavy atom. The van der Waals surface area contributed by atoms with Crippen molar-refractivity contribution in [3.8, 4) is 0 Å². The predicted octanol–water partition coefficient (Wildman–Crippen LogP) is 4.78. The lowest BCUT2D eigenvalue weighted by atomic mass is 9.94. The highest BCUT2D eigenvalue weighted by Gasteiger charge is 2.25. The number of amides is 1. The molecule has 0 saturated carbocycles. The molecule has 32 heavy (non-hydrogen) atoms. The number of piperidine rings is 1. The van der Waals surface area contributed by atoms with Crippen LogP contribution in [-0.4, -0.2) is 40.5 Å². The van der Waals surface area contributed by atoms with Crippen molar-refractivity contribution in [2.24, 2.45) is 0 Å². The first-order chi connectivity index (χ1) is 15.7. The lowest BCUT2D eigenvalue weighted by Crippen LogP contribution is -2.34. The molecule has 1 atom stereocenters. The summed E-state index contributed by atoms with van der Waals surface area (Å²) in [6, 6.07) is 12.4. The fourth-order valence-corrected chi connectivity index (χ4v) is 4.74. The van der Waals surface area contributed by atoms with E-state index in [1.54, 1.807) is 23.5 Å². The number of carbonyl (C=O) groups excluding carboxylic acids is 1. The van der Waals surface area contributed by atoms with Gasteiger partial charge >= 0.3 is 0 Å². The van der Waals surface area contributed by atoms with Gasteiger partial charge in [0.05, 0.1) is 40.7 Å². The van der Waals surface area contributed by atoms with Crippen molar-refractivity contribution >= 4 is 40.5 Å². The van der Waals surface area contributed by atoms with Crippen molar-refractivity contribution < 1.29 is 4.79 Å². The van der Waals surface area contributed by atoms with E-state index in [0.29, 0.717) is 17.4 Å². The number of benzene rings is 1. The molecule has 2 fully saturated rings. The molecular weight excluding hydrogens is 424 g/mol. The van der Waals surface area contributed by atoms with Gasteiger partial charge in [-0.3, -0.25) is 9.78 Å². The molecule has 0 spiro atoms. The number of hydrogen-bond donors (Lipinski definition) is 1. The van der Waals surface area contributed by atoms with E-state index in [0.717, 1.165) is 56.0 Å². The third-order valence-electron chi connectivity index (χ3n) is 6.07. The number of hydrogen-bond acceptors (Lipinski definition) is 6. The number of nitrogens with one attached hydrogen (secondary N) is 1. The van der Waals surface area contributed by atoms with Crippen LogP contribution < -0.4 is 15.1 Å². The zero-order chi connectivity index (χ0) is 21.9. The zero-order valence-corrected chi connectivity index (χ0v) is 18.5. The van der Waals surface area contributed by atoms with Crippen molar-refractivity contribution in [2.45, 2.75) is 31.6 Å². The molecule has 1 aromatic carbocycles. The smallest absolute Gasteiger partial charge is 0.227 e. The maximum absolute atomic E-state index is 12.1. The van der Waals surface area contributed by atoms with Gasteiger partial charge in [0, 0.05) is 37.7 Å². The van der Waals surface area contributed by atoms with Crippen LogP contribution >= 0.6 is 11.6 Å². The van der Waals surface area contributed by atoms with E-state index in [9.17, 15) is 4.79 Å². The molecule has 2 aromatic heterocycles. The van der Waals surface area contributed by atoms with Crippen molar-refractivity contribution in [1.29, 1.82) is 0 Å². The molecular formula is C24H25ClN6O. The van der Waals surface area contributed by atoms with Crippen LogP contribution in [-0.2, 0) is 4.79 Å². The molecule has 5 rings (SSSR count). The number of para-hydroxylation sites is 1. The van der Waals surface area contributed by atoms with Gasteiger partial charge in [0.15, 0.2) is 0 Å². The minimum Gasteiger partial charge on any atom is -0.371 e. The molecule has 2 aliphatic rings. The van der Waals surface area contributed by atoms with E-state index >= 15 is 0 Å². The first-order valence-corrected chi connectivity index (χ1v) is 11.4. The van der Waals surface area contributed by atoms with Gasteiger partial charge in [-0.05, 0) is 37.5 Å². The Kier molecular flexibility index (Phi) is 5.90. The Balaban J connectivity index is 1.35. The van der Waals surface area contributed by atoms with Gasteiger partial charge in [-0.15, -0.1) is 0 Å². The molecule has 0 radical (unpaired) electrons. The summed E-state index contributed by atoms with van der Waals surface area (Å²) >= 11 is 6.53. The Hall–Kier alpha value is -3.19. The second-order valence-electron chi connectivity index (χ2n) is 8.25. The van der Waals surface area contributed by atoms with E-state index in [1.807, 2.05) is 12.1 Å². The minimum absolute atomic E-state index is 0.134. The van der Waals surface area contributed by atoms with Gasteiger partial charge in [-0.25, -0.2) is 9.97 Å². The van der Waals surface area contributed by atoms with Gasteiger partial charge < -0.3 is 15.1 Å². The third-order valence-corrected chi connectivity index (χ3v) is 6.36. The summed E-state index contributed by atoms with van der Waals surface area (Å²) in [6.45, 7) is 2.63. The molecule has 8 heteroatoms. The number of carbonyl (C=O) groups is 1. The standard InChI is InChI=1S/C24H25ClN6O/c25-21-15-27-24(28-18-12-20(14-26-13-18)31-11-5-9-22(31)32)29-23(21)17-6-4-10-30(16-17)19-7-2-1-3-8-19/h1-3,7-8,12-15,17H,4-6,9-11,16H2,(H,27,28,29). The van der Waals surface area contributed by atoms with Crippen molar-refractivity contribution in [1.82, 2.24) is 15.0 Å². The van der Waals surface area contributed by atoms with E-state index in [2.05, 4.69) is 44.5 Å². The summed E-state index contributed by atoms with van der Waals surface area (Å²) in [5.74, 6) is 0.842. The van der Waals surface area contributed by atoms with Crippen LogP contribution in [0.15, 0.2) is 55.0 Å². The largest absolute Gasteiger partial charge is 0.371 e. The summed E-state index contributed by atoms with van der Waals surface area (Å²) < 4.78 is 0. The zero-order valence-electron chi connectivity index (χ0n) is 17.7. The molecule has 164 valence electrons. The first-order valence-electron chi connectivity index (χ1n) is 11.0. The minimum atomic E-state index is 0.134. The molecule has 0 aliphatic carbocycles. The number of halogens is 1. The molecule has 2 aliphatic heterocycles. The second kappa shape index (κ2) is 9.12. The Morgan fingerprint density at radius 1 is 1.03 bits per heavy atom. The van der Waals surface area contributed by atoms with Crippen LogP contribution in [0.2, 0.25) is 5.02 Å². The summed E-state index contributed by atoms with van der Waals surface area (Å²) in [7, 11) is 0. The van der Waals surface area contributed by atoms with Gasteiger partial charge in [0.25, 0.3) is 0 Å². The Morgan fingerprint density at radius 3 is 2.72 bits per heavy atom. The lowest BCUT2D eigenvalue weighted by molar-refractivity contribution is -0.117. The van der Waals surface area contributed by atoms with Gasteiger partial charge in [-0.1, -0.05) is 29.8 Å². The van der Waals surface area contributed by atoms with Gasteiger partial charge in [0.1, 0.15) is 0 Å². The number of anilines is 4. The van der Waals surface area contributed by atoms with E-state index in [4.69, 9.17) is 16.6 Å². The summed E-state index contributed by atoms with van der Waals surface area (Å²) in [4.78, 5) is 29.7. The monoisotopic (exact) mass is 448 g/mol.